The summed E-state index contributed by atoms with van der Waals surface area (Å²) >= 11 is 11.9. The molecule has 0 heterocycles. The van der Waals surface area contributed by atoms with Crippen molar-refractivity contribution in [3.8, 4) is 5.75 Å². The number of aryl methyl sites for hydroxylation is 1. The summed E-state index contributed by atoms with van der Waals surface area (Å²) < 4.78 is 5.57. The number of amides is 1. The molecular weight excluding hydrogens is 323 g/mol. The van der Waals surface area contributed by atoms with Gasteiger partial charge in [-0.1, -0.05) is 23.2 Å². The molecule has 0 aliphatic carbocycles. The number of nitrogens with one attached hydrogen (secondary N) is 1. The van der Waals surface area contributed by atoms with Crippen LogP contribution in [-0.4, -0.2) is 12.0 Å². The highest BCUT2D eigenvalue weighted by Crippen LogP contribution is 2.28. The molecule has 0 spiro atoms. The Bertz CT molecular complexity index is 705. The van der Waals surface area contributed by atoms with Crippen LogP contribution in [0, 0.1) is 6.92 Å². The Morgan fingerprint density at radius 3 is 2.59 bits per heavy atom. The molecule has 1 amide bonds. The molecule has 4 nitrogen and oxygen atoms in total. The molecule has 0 unspecified atom stereocenters. The van der Waals surface area contributed by atoms with Crippen LogP contribution in [0.5, 0.6) is 5.75 Å². The quantitative estimate of drug-likeness (QED) is 0.817. The number of nitrogens with two attached hydrogens (primary N) is 1. The Balaban J connectivity index is 2.05. The average Bonchev–Trinajstić information content (AvgIpc) is 2.44. The molecule has 0 fully saturated rings. The smallest absolute Gasteiger partial charge is 0.265 e. The Hall–Kier alpha value is -1.91. The fourth-order valence-electron chi connectivity index (χ4n) is 1.88. The van der Waals surface area contributed by atoms with Gasteiger partial charge in [-0.3, -0.25) is 4.79 Å². The number of rotatable bonds is 4. The van der Waals surface area contributed by atoms with Gasteiger partial charge in [-0.15, -0.1) is 0 Å². The molecule has 3 N–H and O–H groups in total. The summed E-state index contributed by atoms with van der Waals surface area (Å²) in [5.41, 5.74) is 7.90. The normalized spacial score (nSPS) is 11.8. The average molecular weight is 339 g/mol. The number of halogens is 2. The first-order valence-corrected chi connectivity index (χ1v) is 7.41. The topological polar surface area (TPSA) is 64.3 Å². The minimum atomic E-state index is -0.712. The summed E-state index contributed by atoms with van der Waals surface area (Å²) in [4.78, 5) is 12.2. The first-order valence-electron chi connectivity index (χ1n) is 6.65. The number of nitrogen functional groups attached to an aromatic ring is 1. The van der Waals surface area contributed by atoms with Crippen LogP contribution in [0.3, 0.4) is 0 Å². The van der Waals surface area contributed by atoms with Gasteiger partial charge in [0, 0.05) is 16.4 Å². The molecule has 1 atom stereocenters. The lowest BCUT2D eigenvalue weighted by Crippen LogP contribution is -2.30. The molecule has 0 saturated carbocycles. The number of hydrogen-bond donors (Lipinski definition) is 2. The molecule has 0 aliphatic rings. The second-order valence-electron chi connectivity index (χ2n) is 4.90. The van der Waals surface area contributed by atoms with Gasteiger partial charge >= 0.3 is 0 Å². The molecule has 2 rings (SSSR count). The van der Waals surface area contributed by atoms with Crippen LogP contribution in [0.1, 0.15) is 12.5 Å². The standard InChI is InChI=1S/C16H16Cl2N2O2/c1-9-7-12(19)4-5-14(9)20-16(21)10(2)22-15-6-3-11(17)8-13(15)18/h3-8,10H,19H2,1-2H3,(H,20,21)/t10-/m0/s1. The third-order valence-corrected chi connectivity index (χ3v) is 3.61. The summed E-state index contributed by atoms with van der Waals surface area (Å²) in [6, 6.07) is 10.1. The van der Waals surface area contributed by atoms with Crippen molar-refractivity contribution in [2.75, 3.05) is 11.1 Å². The Kier molecular flexibility index (Phi) is 5.16. The summed E-state index contributed by atoms with van der Waals surface area (Å²) in [7, 11) is 0. The van der Waals surface area contributed by atoms with E-state index >= 15 is 0 Å². The summed E-state index contributed by atoms with van der Waals surface area (Å²) in [6.45, 7) is 3.51. The molecule has 0 bridgehead atoms. The molecular formula is C16H16Cl2N2O2. The highest BCUT2D eigenvalue weighted by molar-refractivity contribution is 6.35. The zero-order chi connectivity index (χ0) is 16.3. The van der Waals surface area contributed by atoms with Crippen LogP contribution in [0.25, 0.3) is 0 Å². The van der Waals surface area contributed by atoms with Crippen LogP contribution >= 0.6 is 23.2 Å². The number of benzene rings is 2. The van der Waals surface area contributed by atoms with Crippen molar-refractivity contribution in [2.24, 2.45) is 0 Å². The van der Waals surface area contributed by atoms with Crippen LogP contribution in [-0.2, 0) is 4.79 Å². The lowest BCUT2D eigenvalue weighted by Gasteiger charge is -2.16. The van der Waals surface area contributed by atoms with Crippen molar-refractivity contribution in [3.05, 3.63) is 52.0 Å². The highest BCUT2D eigenvalue weighted by atomic mass is 35.5. The van der Waals surface area contributed by atoms with E-state index in [0.29, 0.717) is 27.2 Å². The fraction of sp³-hybridized carbons (Fsp3) is 0.188. The highest BCUT2D eigenvalue weighted by Gasteiger charge is 2.17. The first kappa shape index (κ1) is 16.5. The van der Waals surface area contributed by atoms with E-state index in [-0.39, 0.29) is 5.91 Å². The van der Waals surface area contributed by atoms with Crippen molar-refractivity contribution >= 4 is 40.5 Å². The predicted molar refractivity (Wildman–Crippen MR) is 90.8 cm³/mol. The third kappa shape index (κ3) is 4.06. The SMILES string of the molecule is Cc1cc(N)ccc1NC(=O)[C@H](C)Oc1ccc(Cl)cc1Cl. The van der Waals surface area contributed by atoms with E-state index in [2.05, 4.69) is 5.32 Å². The van der Waals surface area contributed by atoms with E-state index in [1.54, 1.807) is 43.3 Å². The van der Waals surface area contributed by atoms with E-state index in [0.717, 1.165) is 5.56 Å². The van der Waals surface area contributed by atoms with Crippen molar-refractivity contribution < 1.29 is 9.53 Å². The summed E-state index contributed by atoms with van der Waals surface area (Å²) in [6.07, 6.45) is -0.712. The van der Waals surface area contributed by atoms with Gasteiger partial charge < -0.3 is 15.8 Å². The maximum Gasteiger partial charge on any atom is 0.265 e. The zero-order valence-electron chi connectivity index (χ0n) is 12.2. The molecule has 2 aromatic carbocycles. The number of carbonyl (C=O) groups is 1. The van der Waals surface area contributed by atoms with Gasteiger partial charge in [0.25, 0.3) is 5.91 Å². The molecule has 0 saturated heterocycles. The Labute approximate surface area is 139 Å². The molecule has 0 radical (unpaired) electrons. The molecule has 6 heteroatoms. The molecule has 2 aromatic rings. The van der Waals surface area contributed by atoms with Gasteiger partial charge in [-0.25, -0.2) is 0 Å². The van der Waals surface area contributed by atoms with Gasteiger partial charge in [0.2, 0.25) is 0 Å². The van der Waals surface area contributed by atoms with Gasteiger partial charge in [0.1, 0.15) is 5.75 Å². The van der Waals surface area contributed by atoms with Gasteiger partial charge in [0.05, 0.1) is 5.02 Å². The van der Waals surface area contributed by atoms with E-state index in [1.165, 1.54) is 0 Å². The number of carbonyl (C=O) groups excluding carboxylic acids is 1. The van der Waals surface area contributed by atoms with Gasteiger partial charge in [-0.2, -0.15) is 0 Å². The number of ether oxygens (including phenoxy) is 1. The second kappa shape index (κ2) is 6.90. The van der Waals surface area contributed by atoms with Crippen molar-refractivity contribution in [3.63, 3.8) is 0 Å². The minimum absolute atomic E-state index is 0.279. The molecule has 0 aromatic heterocycles. The lowest BCUT2D eigenvalue weighted by atomic mass is 10.1. The van der Waals surface area contributed by atoms with Crippen LogP contribution in [0.4, 0.5) is 11.4 Å². The van der Waals surface area contributed by atoms with E-state index < -0.39 is 6.10 Å². The summed E-state index contributed by atoms with van der Waals surface area (Å²) in [5, 5.41) is 3.66. The zero-order valence-corrected chi connectivity index (χ0v) is 13.7. The van der Waals surface area contributed by atoms with E-state index in [1.807, 2.05) is 6.92 Å². The van der Waals surface area contributed by atoms with Crippen LogP contribution < -0.4 is 15.8 Å². The first-order chi connectivity index (χ1) is 10.4. The Morgan fingerprint density at radius 1 is 1.23 bits per heavy atom. The number of anilines is 2. The summed E-state index contributed by atoms with van der Waals surface area (Å²) in [5.74, 6) is 0.127. The molecule has 116 valence electrons. The maximum atomic E-state index is 12.2. The third-order valence-electron chi connectivity index (χ3n) is 3.08. The largest absolute Gasteiger partial charge is 0.479 e. The van der Waals surface area contributed by atoms with Crippen LogP contribution in [0.15, 0.2) is 36.4 Å². The Morgan fingerprint density at radius 2 is 1.95 bits per heavy atom. The van der Waals surface area contributed by atoms with Crippen molar-refractivity contribution in [1.82, 2.24) is 0 Å². The van der Waals surface area contributed by atoms with E-state index in [4.69, 9.17) is 33.7 Å². The van der Waals surface area contributed by atoms with Crippen molar-refractivity contribution in [2.45, 2.75) is 20.0 Å². The molecule has 0 aliphatic heterocycles. The van der Waals surface area contributed by atoms with Gasteiger partial charge in [0.15, 0.2) is 6.10 Å². The lowest BCUT2D eigenvalue weighted by molar-refractivity contribution is -0.122. The predicted octanol–water partition coefficient (Wildman–Crippen LogP) is 4.29. The fourth-order valence-corrected chi connectivity index (χ4v) is 2.33. The molecule has 22 heavy (non-hydrogen) atoms. The van der Waals surface area contributed by atoms with Crippen LogP contribution in [0.2, 0.25) is 10.0 Å². The minimum Gasteiger partial charge on any atom is -0.479 e. The second-order valence-corrected chi connectivity index (χ2v) is 5.74. The van der Waals surface area contributed by atoms with Crippen molar-refractivity contribution in [1.29, 1.82) is 0 Å². The van der Waals surface area contributed by atoms with Gasteiger partial charge in [-0.05, 0) is 55.8 Å². The maximum absolute atomic E-state index is 12.2. The number of hydrogen-bond acceptors (Lipinski definition) is 3. The van der Waals surface area contributed by atoms with E-state index in [9.17, 15) is 4.79 Å². The monoisotopic (exact) mass is 338 g/mol.